The van der Waals surface area contributed by atoms with Crippen LogP contribution in [-0.2, 0) is 13.5 Å². The van der Waals surface area contributed by atoms with Gasteiger partial charge in [-0.05, 0) is 25.2 Å². The minimum Gasteiger partial charge on any atom is -0.328 e. The predicted octanol–water partition coefficient (Wildman–Crippen LogP) is 0.485. The van der Waals surface area contributed by atoms with Gasteiger partial charge in [-0.15, -0.1) is 0 Å². The van der Waals surface area contributed by atoms with E-state index < -0.39 is 0 Å². The van der Waals surface area contributed by atoms with Gasteiger partial charge in [-0.2, -0.15) is 5.10 Å². The Morgan fingerprint density at radius 3 is 3.00 bits per heavy atom. The smallest absolute Gasteiger partial charge is 0.138 e. The second-order valence-electron chi connectivity index (χ2n) is 3.94. The molecule has 13 heavy (non-hydrogen) atoms. The van der Waals surface area contributed by atoms with E-state index in [0.717, 1.165) is 24.6 Å². The van der Waals surface area contributed by atoms with E-state index >= 15 is 0 Å². The lowest BCUT2D eigenvalue weighted by Crippen LogP contribution is -2.15. The van der Waals surface area contributed by atoms with Gasteiger partial charge in [0, 0.05) is 19.5 Å². The average molecular weight is 180 g/mol. The summed E-state index contributed by atoms with van der Waals surface area (Å²) in [5.74, 6) is 1.80. The van der Waals surface area contributed by atoms with Crippen molar-refractivity contribution in [2.45, 2.75) is 31.7 Å². The summed E-state index contributed by atoms with van der Waals surface area (Å²) in [6.45, 7) is 0. The number of hydrogen-bond acceptors (Lipinski definition) is 3. The lowest BCUT2D eigenvalue weighted by Gasteiger charge is -2.07. The molecule has 1 aliphatic rings. The topological polar surface area (TPSA) is 56.7 Å². The summed E-state index contributed by atoms with van der Waals surface area (Å²) in [6.07, 6.45) is 6.21. The van der Waals surface area contributed by atoms with Crippen molar-refractivity contribution in [3.63, 3.8) is 0 Å². The Balaban J connectivity index is 1.95. The molecule has 2 rings (SSSR count). The van der Waals surface area contributed by atoms with Crippen LogP contribution in [0.5, 0.6) is 0 Å². The fraction of sp³-hybridized carbons (Fsp3) is 0.778. The maximum Gasteiger partial charge on any atom is 0.138 e. The molecule has 4 nitrogen and oxygen atoms in total. The molecule has 1 fully saturated rings. The van der Waals surface area contributed by atoms with Crippen molar-refractivity contribution in [1.29, 1.82) is 0 Å². The van der Waals surface area contributed by atoms with Crippen LogP contribution in [0.4, 0.5) is 0 Å². The molecule has 2 atom stereocenters. The van der Waals surface area contributed by atoms with Crippen molar-refractivity contribution in [2.75, 3.05) is 0 Å². The number of hydrogen-bond donors (Lipinski definition) is 1. The van der Waals surface area contributed by atoms with Crippen molar-refractivity contribution in [1.82, 2.24) is 14.8 Å². The van der Waals surface area contributed by atoms with Crippen molar-refractivity contribution in [2.24, 2.45) is 18.7 Å². The highest BCUT2D eigenvalue weighted by molar-refractivity contribution is 4.90. The quantitative estimate of drug-likeness (QED) is 0.720. The predicted molar refractivity (Wildman–Crippen MR) is 50.0 cm³/mol. The van der Waals surface area contributed by atoms with Gasteiger partial charge in [-0.3, -0.25) is 4.68 Å². The van der Waals surface area contributed by atoms with Gasteiger partial charge < -0.3 is 5.73 Å². The molecule has 4 heteroatoms. The summed E-state index contributed by atoms with van der Waals surface area (Å²) in [4.78, 5) is 4.22. The Bertz CT molecular complexity index is 281. The molecule has 0 saturated heterocycles. The molecule has 0 radical (unpaired) electrons. The minimum atomic E-state index is 0.415. The van der Waals surface area contributed by atoms with E-state index in [2.05, 4.69) is 10.1 Å². The van der Waals surface area contributed by atoms with Crippen LogP contribution in [0, 0.1) is 5.92 Å². The van der Waals surface area contributed by atoms with Gasteiger partial charge in [0.05, 0.1) is 0 Å². The molecule has 0 amide bonds. The molecule has 0 aromatic carbocycles. The van der Waals surface area contributed by atoms with Gasteiger partial charge in [-0.25, -0.2) is 4.98 Å². The Morgan fingerprint density at radius 1 is 1.62 bits per heavy atom. The summed E-state index contributed by atoms with van der Waals surface area (Å²) in [5.41, 5.74) is 5.85. The van der Waals surface area contributed by atoms with Gasteiger partial charge in [0.25, 0.3) is 0 Å². The third-order valence-electron chi connectivity index (χ3n) is 2.86. The van der Waals surface area contributed by atoms with Crippen molar-refractivity contribution >= 4 is 0 Å². The average Bonchev–Trinajstić information content (AvgIpc) is 2.64. The zero-order valence-corrected chi connectivity index (χ0v) is 7.98. The summed E-state index contributed by atoms with van der Waals surface area (Å²) >= 11 is 0. The zero-order chi connectivity index (χ0) is 9.26. The van der Waals surface area contributed by atoms with Gasteiger partial charge in [-0.1, -0.05) is 0 Å². The first-order chi connectivity index (χ1) is 6.25. The number of aryl methyl sites for hydroxylation is 1. The molecule has 1 aliphatic carbocycles. The molecule has 1 saturated carbocycles. The van der Waals surface area contributed by atoms with Crippen LogP contribution in [0.25, 0.3) is 0 Å². The molecule has 0 aliphatic heterocycles. The number of rotatable bonds is 2. The van der Waals surface area contributed by atoms with Gasteiger partial charge in [0.15, 0.2) is 0 Å². The molecule has 1 aromatic rings. The lowest BCUT2D eigenvalue weighted by atomic mass is 10.0. The van der Waals surface area contributed by atoms with Gasteiger partial charge in [0.1, 0.15) is 12.2 Å². The van der Waals surface area contributed by atoms with Crippen LogP contribution in [0.2, 0.25) is 0 Å². The third-order valence-corrected chi connectivity index (χ3v) is 2.86. The SMILES string of the molecule is Cn1ncnc1CC1CCC(N)C1. The molecule has 72 valence electrons. The maximum atomic E-state index is 5.85. The highest BCUT2D eigenvalue weighted by Crippen LogP contribution is 2.26. The normalized spacial score (nSPS) is 28.2. The third kappa shape index (κ3) is 1.88. The standard InChI is InChI=1S/C9H16N4/c1-13-9(11-6-12-13)5-7-2-3-8(10)4-7/h6-8H,2-5,10H2,1H3. The Morgan fingerprint density at radius 2 is 2.46 bits per heavy atom. The molecular weight excluding hydrogens is 164 g/mol. The Labute approximate surface area is 78.1 Å². The van der Waals surface area contributed by atoms with E-state index in [1.165, 1.54) is 12.8 Å². The second-order valence-corrected chi connectivity index (χ2v) is 3.94. The van der Waals surface area contributed by atoms with Crippen LogP contribution in [0.15, 0.2) is 6.33 Å². The number of aromatic nitrogens is 3. The van der Waals surface area contributed by atoms with Crippen LogP contribution < -0.4 is 5.73 Å². The number of nitrogens with zero attached hydrogens (tertiary/aromatic N) is 3. The van der Waals surface area contributed by atoms with Gasteiger partial charge >= 0.3 is 0 Å². The van der Waals surface area contributed by atoms with Crippen LogP contribution in [-0.4, -0.2) is 20.8 Å². The highest BCUT2D eigenvalue weighted by Gasteiger charge is 2.22. The molecule has 2 unspecified atom stereocenters. The fourth-order valence-corrected chi connectivity index (χ4v) is 2.06. The Hall–Kier alpha value is -0.900. The molecule has 2 N–H and O–H groups in total. The van der Waals surface area contributed by atoms with Crippen LogP contribution >= 0.6 is 0 Å². The largest absolute Gasteiger partial charge is 0.328 e. The lowest BCUT2D eigenvalue weighted by molar-refractivity contribution is 0.505. The van der Waals surface area contributed by atoms with Crippen LogP contribution in [0.3, 0.4) is 0 Å². The second kappa shape index (κ2) is 3.46. The summed E-state index contributed by atoms with van der Waals surface area (Å²) in [7, 11) is 1.94. The Kier molecular flexibility index (Phi) is 2.31. The fourth-order valence-electron chi connectivity index (χ4n) is 2.06. The van der Waals surface area contributed by atoms with E-state index in [-0.39, 0.29) is 0 Å². The highest BCUT2D eigenvalue weighted by atomic mass is 15.3. The number of nitrogens with two attached hydrogens (primary N) is 1. The van der Waals surface area contributed by atoms with Crippen LogP contribution in [0.1, 0.15) is 25.1 Å². The first-order valence-corrected chi connectivity index (χ1v) is 4.84. The van der Waals surface area contributed by atoms with Crippen molar-refractivity contribution < 1.29 is 0 Å². The minimum absolute atomic E-state index is 0.415. The summed E-state index contributed by atoms with van der Waals surface area (Å²) < 4.78 is 1.85. The maximum absolute atomic E-state index is 5.85. The van der Waals surface area contributed by atoms with E-state index in [1.54, 1.807) is 6.33 Å². The molecular formula is C9H16N4. The molecule has 0 spiro atoms. The van der Waals surface area contributed by atoms with E-state index in [1.807, 2.05) is 11.7 Å². The van der Waals surface area contributed by atoms with E-state index in [0.29, 0.717) is 6.04 Å². The van der Waals surface area contributed by atoms with Crippen molar-refractivity contribution in [3.8, 4) is 0 Å². The molecule has 1 heterocycles. The molecule has 0 bridgehead atoms. The summed E-state index contributed by atoms with van der Waals surface area (Å²) in [5, 5.41) is 4.05. The first kappa shape index (κ1) is 8.69. The summed E-state index contributed by atoms with van der Waals surface area (Å²) in [6, 6.07) is 0.415. The van der Waals surface area contributed by atoms with Gasteiger partial charge in [0.2, 0.25) is 0 Å². The zero-order valence-electron chi connectivity index (χ0n) is 7.98. The first-order valence-electron chi connectivity index (χ1n) is 4.84. The van der Waals surface area contributed by atoms with E-state index in [9.17, 15) is 0 Å². The molecule has 1 aromatic heterocycles. The monoisotopic (exact) mass is 180 g/mol. The van der Waals surface area contributed by atoms with E-state index in [4.69, 9.17) is 5.73 Å². The van der Waals surface area contributed by atoms with Crippen molar-refractivity contribution in [3.05, 3.63) is 12.2 Å².